The number of nitrogens with zero attached hydrogens (tertiary/aromatic N) is 3. The molecule has 0 aromatic carbocycles. The van der Waals surface area contributed by atoms with E-state index in [0.29, 0.717) is 10.3 Å². The lowest BCUT2D eigenvalue weighted by molar-refractivity contribution is 0.973. The third-order valence-corrected chi connectivity index (χ3v) is 1.70. The topological polar surface area (TPSA) is 30.2 Å². The molecule has 2 rings (SSSR count). The maximum atomic E-state index is 5.61. The molecular formula is C6H3BBrN3. The zero-order chi connectivity index (χ0) is 7.84. The molecule has 2 radical (unpaired) electrons. The molecule has 2 heterocycles. The summed E-state index contributed by atoms with van der Waals surface area (Å²) in [7, 11) is 5.61. The number of aromatic nitrogens is 3. The van der Waals surface area contributed by atoms with Crippen LogP contribution in [-0.2, 0) is 0 Å². The van der Waals surface area contributed by atoms with Gasteiger partial charge in [0.15, 0.2) is 5.65 Å². The van der Waals surface area contributed by atoms with Crippen LogP contribution in [0, 0.1) is 0 Å². The number of hydrogen-bond acceptors (Lipinski definition) is 2. The van der Waals surface area contributed by atoms with E-state index < -0.39 is 0 Å². The van der Waals surface area contributed by atoms with Gasteiger partial charge in [0.2, 0.25) is 4.73 Å². The van der Waals surface area contributed by atoms with Crippen LogP contribution in [0.15, 0.2) is 22.9 Å². The fourth-order valence-corrected chi connectivity index (χ4v) is 1.24. The first-order valence-electron chi connectivity index (χ1n) is 3.04. The predicted octanol–water partition coefficient (Wildman–Crippen LogP) is 0.286. The zero-order valence-electron chi connectivity index (χ0n) is 5.53. The fourth-order valence-electron chi connectivity index (χ4n) is 0.899. The minimum Gasteiger partial charge on any atom is -0.228 e. The molecule has 5 heteroatoms. The minimum absolute atomic E-state index is 0.551. The van der Waals surface area contributed by atoms with Crippen LogP contribution in [0.4, 0.5) is 0 Å². The van der Waals surface area contributed by atoms with E-state index in [1.54, 1.807) is 10.6 Å². The summed E-state index contributed by atoms with van der Waals surface area (Å²) in [4.78, 5) is 4.06. The Morgan fingerprint density at radius 1 is 1.45 bits per heavy atom. The Morgan fingerprint density at radius 2 is 2.27 bits per heavy atom. The third kappa shape index (κ3) is 1.05. The Hall–Kier alpha value is -0.835. The number of pyridine rings is 1. The molecule has 0 atom stereocenters. The van der Waals surface area contributed by atoms with Gasteiger partial charge in [-0.25, -0.2) is 9.50 Å². The molecule has 3 nitrogen and oxygen atoms in total. The van der Waals surface area contributed by atoms with Gasteiger partial charge in [-0.15, -0.1) is 5.10 Å². The average Bonchev–Trinajstić information content (AvgIpc) is 2.31. The monoisotopic (exact) mass is 207 g/mol. The summed E-state index contributed by atoms with van der Waals surface area (Å²) in [5.41, 5.74) is 1.33. The summed E-state index contributed by atoms with van der Waals surface area (Å²) < 4.78 is 2.12. The summed E-state index contributed by atoms with van der Waals surface area (Å²) in [6.45, 7) is 0. The average molecular weight is 208 g/mol. The van der Waals surface area contributed by atoms with Crippen molar-refractivity contribution in [2.45, 2.75) is 0 Å². The van der Waals surface area contributed by atoms with E-state index in [1.165, 1.54) is 0 Å². The molecule has 0 saturated heterocycles. The summed E-state index contributed by atoms with van der Waals surface area (Å²) in [6.07, 6.45) is 0. The molecular weight excluding hydrogens is 205 g/mol. The van der Waals surface area contributed by atoms with Crippen LogP contribution in [-0.4, -0.2) is 22.4 Å². The SMILES string of the molecule is [B]c1cccc2nc(Br)nn12. The summed E-state index contributed by atoms with van der Waals surface area (Å²) >= 11 is 3.16. The minimum atomic E-state index is 0.551. The molecule has 0 saturated carbocycles. The molecule has 0 fully saturated rings. The highest BCUT2D eigenvalue weighted by Crippen LogP contribution is 2.03. The highest BCUT2D eigenvalue weighted by atomic mass is 79.9. The summed E-state index contributed by atoms with van der Waals surface area (Å²) in [5.74, 6) is 0. The molecule has 11 heavy (non-hydrogen) atoms. The second kappa shape index (κ2) is 2.34. The Labute approximate surface area is 73.0 Å². The highest BCUT2D eigenvalue weighted by Gasteiger charge is 1.99. The van der Waals surface area contributed by atoms with Gasteiger partial charge in [0, 0.05) is 0 Å². The molecule has 0 aliphatic rings. The van der Waals surface area contributed by atoms with Crippen LogP contribution in [0.1, 0.15) is 0 Å². The Morgan fingerprint density at radius 3 is 3.00 bits per heavy atom. The molecule has 0 N–H and O–H groups in total. The van der Waals surface area contributed by atoms with Crippen molar-refractivity contribution in [1.82, 2.24) is 14.6 Å². The molecule has 0 unspecified atom stereocenters. The van der Waals surface area contributed by atoms with Crippen molar-refractivity contribution >= 4 is 35.0 Å². The molecule has 2 aromatic heterocycles. The molecule has 0 spiro atoms. The van der Waals surface area contributed by atoms with Crippen molar-refractivity contribution in [3.05, 3.63) is 22.9 Å². The molecule has 0 amide bonds. The number of hydrogen-bond donors (Lipinski definition) is 0. The first-order chi connectivity index (χ1) is 5.27. The molecule has 0 aliphatic carbocycles. The lowest BCUT2D eigenvalue weighted by Gasteiger charge is -1.94. The molecule has 0 bridgehead atoms. The molecule has 2 aromatic rings. The van der Waals surface area contributed by atoms with E-state index in [-0.39, 0.29) is 0 Å². The predicted molar refractivity (Wildman–Crippen MR) is 46.1 cm³/mol. The van der Waals surface area contributed by atoms with Crippen molar-refractivity contribution in [2.75, 3.05) is 0 Å². The number of fused-ring (bicyclic) bond motifs is 1. The van der Waals surface area contributed by atoms with Crippen molar-refractivity contribution in [2.24, 2.45) is 0 Å². The van der Waals surface area contributed by atoms with Gasteiger partial charge in [-0.2, -0.15) is 0 Å². The lowest BCUT2D eigenvalue weighted by Crippen LogP contribution is -2.14. The second-order valence-electron chi connectivity index (χ2n) is 2.10. The number of rotatable bonds is 0. The van der Waals surface area contributed by atoms with Crippen molar-refractivity contribution in [1.29, 1.82) is 0 Å². The van der Waals surface area contributed by atoms with Gasteiger partial charge in [-0.05, 0) is 27.6 Å². The van der Waals surface area contributed by atoms with E-state index in [2.05, 4.69) is 26.0 Å². The normalized spacial score (nSPS) is 10.6. The van der Waals surface area contributed by atoms with Gasteiger partial charge >= 0.3 is 0 Å². The van der Waals surface area contributed by atoms with Gasteiger partial charge in [-0.3, -0.25) is 0 Å². The lowest BCUT2D eigenvalue weighted by atomic mass is 10.0. The van der Waals surface area contributed by atoms with Crippen LogP contribution < -0.4 is 5.59 Å². The van der Waals surface area contributed by atoms with Crippen LogP contribution in [0.2, 0.25) is 0 Å². The van der Waals surface area contributed by atoms with Crippen LogP contribution >= 0.6 is 15.9 Å². The first-order valence-corrected chi connectivity index (χ1v) is 3.83. The van der Waals surface area contributed by atoms with Crippen molar-refractivity contribution in [3.8, 4) is 0 Å². The summed E-state index contributed by atoms with van der Waals surface area (Å²) in [5, 5.41) is 4.01. The van der Waals surface area contributed by atoms with Crippen LogP contribution in [0.3, 0.4) is 0 Å². The Bertz CT molecular complexity index is 398. The van der Waals surface area contributed by atoms with Gasteiger partial charge in [0.05, 0.1) is 0 Å². The fraction of sp³-hybridized carbons (Fsp3) is 0. The van der Waals surface area contributed by atoms with E-state index in [4.69, 9.17) is 7.85 Å². The zero-order valence-corrected chi connectivity index (χ0v) is 7.12. The molecule has 0 aliphatic heterocycles. The number of halogens is 1. The van der Waals surface area contributed by atoms with Gasteiger partial charge in [0.25, 0.3) is 0 Å². The largest absolute Gasteiger partial charge is 0.228 e. The van der Waals surface area contributed by atoms with Crippen molar-refractivity contribution in [3.63, 3.8) is 0 Å². The van der Waals surface area contributed by atoms with Crippen LogP contribution in [0.25, 0.3) is 5.65 Å². The van der Waals surface area contributed by atoms with Crippen molar-refractivity contribution < 1.29 is 0 Å². The second-order valence-corrected chi connectivity index (χ2v) is 2.81. The van der Waals surface area contributed by atoms with E-state index in [0.717, 1.165) is 5.65 Å². The Balaban J connectivity index is 2.90. The van der Waals surface area contributed by atoms with E-state index in [9.17, 15) is 0 Å². The highest BCUT2D eigenvalue weighted by molar-refractivity contribution is 9.10. The smallest absolute Gasteiger partial charge is 0.218 e. The Kier molecular flexibility index (Phi) is 1.46. The first kappa shape index (κ1) is 6.85. The maximum absolute atomic E-state index is 5.61. The standard InChI is InChI=1S/C6H3BBrN3/c7-4-2-1-3-5-9-6(8)10-11(4)5/h1-3H. The van der Waals surface area contributed by atoms with Gasteiger partial charge in [0.1, 0.15) is 7.85 Å². The van der Waals surface area contributed by atoms with Gasteiger partial charge in [-0.1, -0.05) is 12.1 Å². The van der Waals surface area contributed by atoms with E-state index >= 15 is 0 Å². The van der Waals surface area contributed by atoms with Gasteiger partial charge < -0.3 is 0 Å². The quantitative estimate of drug-likeness (QED) is 0.582. The third-order valence-electron chi connectivity index (χ3n) is 1.36. The maximum Gasteiger partial charge on any atom is 0.218 e. The van der Waals surface area contributed by atoms with Crippen LogP contribution in [0.5, 0.6) is 0 Å². The molecule has 52 valence electrons. The summed E-state index contributed by atoms with van der Waals surface area (Å²) in [6, 6.07) is 5.45. The van der Waals surface area contributed by atoms with E-state index in [1.807, 2.05) is 12.1 Å².